The summed E-state index contributed by atoms with van der Waals surface area (Å²) < 4.78 is 8.34. The lowest BCUT2D eigenvalue weighted by molar-refractivity contribution is -0.114. The lowest BCUT2D eigenvalue weighted by Gasteiger charge is -2.33. The predicted molar refractivity (Wildman–Crippen MR) is 113 cm³/mol. The van der Waals surface area contributed by atoms with Crippen LogP contribution in [0.2, 0.25) is 0 Å². The van der Waals surface area contributed by atoms with Gasteiger partial charge in [0.05, 0.1) is 24.9 Å². The number of halogens is 1. The molecule has 1 aliphatic rings. The third-order valence-electron chi connectivity index (χ3n) is 5.22. The molecule has 3 atom stereocenters. The molecule has 1 aliphatic heterocycles. The smallest absolute Gasteiger partial charge is 0.0865 e. The Morgan fingerprint density at radius 3 is 2.78 bits per heavy atom. The van der Waals surface area contributed by atoms with Gasteiger partial charge in [0, 0.05) is 33.3 Å². The first kappa shape index (κ1) is 19.1. The van der Waals surface area contributed by atoms with E-state index in [1.165, 1.54) is 26.1 Å². The van der Waals surface area contributed by atoms with Crippen LogP contribution in [0.3, 0.4) is 0 Å². The van der Waals surface area contributed by atoms with E-state index < -0.39 is 6.10 Å². The SMILES string of the molecule is Cc1cc(Br)c(C2CC(O)CC(CO)O2)cc1Cc1cc2ccccc2s1. The first-order chi connectivity index (χ1) is 13.0. The first-order valence-corrected chi connectivity index (χ1v) is 10.8. The van der Waals surface area contributed by atoms with E-state index in [9.17, 15) is 10.2 Å². The number of benzene rings is 2. The van der Waals surface area contributed by atoms with E-state index in [0.717, 1.165) is 16.5 Å². The molecule has 3 aromatic rings. The summed E-state index contributed by atoms with van der Waals surface area (Å²) in [5.74, 6) is 0. The summed E-state index contributed by atoms with van der Waals surface area (Å²) in [5, 5.41) is 20.9. The fourth-order valence-electron chi connectivity index (χ4n) is 3.79. The van der Waals surface area contributed by atoms with E-state index in [2.05, 4.69) is 65.3 Å². The molecule has 1 aromatic heterocycles. The Morgan fingerprint density at radius 1 is 1.19 bits per heavy atom. The summed E-state index contributed by atoms with van der Waals surface area (Å²) >= 11 is 5.51. The van der Waals surface area contributed by atoms with Crippen molar-refractivity contribution < 1.29 is 14.9 Å². The van der Waals surface area contributed by atoms with Crippen LogP contribution in [-0.4, -0.2) is 29.0 Å². The minimum atomic E-state index is -0.444. The van der Waals surface area contributed by atoms with Crippen LogP contribution in [0, 0.1) is 6.92 Å². The van der Waals surface area contributed by atoms with Gasteiger partial charge in [0.25, 0.3) is 0 Å². The molecule has 3 nitrogen and oxygen atoms in total. The summed E-state index contributed by atoms with van der Waals surface area (Å²) in [6, 6.07) is 15.1. The number of fused-ring (bicyclic) bond motifs is 1. The lowest BCUT2D eigenvalue weighted by Crippen LogP contribution is -2.33. The largest absolute Gasteiger partial charge is 0.394 e. The van der Waals surface area contributed by atoms with Crippen LogP contribution in [0.4, 0.5) is 0 Å². The van der Waals surface area contributed by atoms with E-state index in [0.29, 0.717) is 12.8 Å². The van der Waals surface area contributed by atoms with Crippen molar-refractivity contribution in [2.45, 2.75) is 44.5 Å². The molecule has 3 unspecified atom stereocenters. The molecule has 1 saturated heterocycles. The second kappa shape index (κ2) is 8.02. The second-order valence-corrected chi connectivity index (χ2v) is 9.30. The van der Waals surface area contributed by atoms with Crippen LogP contribution >= 0.6 is 27.3 Å². The van der Waals surface area contributed by atoms with Crippen molar-refractivity contribution in [2.24, 2.45) is 0 Å². The molecule has 2 heterocycles. The molecule has 2 aromatic carbocycles. The second-order valence-electron chi connectivity index (χ2n) is 7.28. The lowest BCUT2D eigenvalue weighted by atomic mass is 9.93. The highest BCUT2D eigenvalue weighted by atomic mass is 79.9. The zero-order chi connectivity index (χ0) is 19.0. The molecular weight excluding hydrogens is 424 g/mol. The van der Waals surface area contributed by atoms with Crippen molar-refractivity contribution in [1.82, 2.24) is 0 Å². The number of aliphatic hydroxyl groups is 2. The van der Waals surface area contributed by atoms with Crippen LogP contribution in [0.25, 0.3) is 10.1 Å². The Morgan fingerprint density at radius 2 is 2.00 bits per heavy atom. The van der Waals surface area contributed by atoms with Crippen LogP contribution < -0.4 is 0 Å². The third kappa shape index (κ3) is 4.13. The molecule has 0 aliphatic carbocycles. The highest BCUT2D eigenvalue weighted by Crippen LogP contribution is 2.37. The van der Waals surface area contributed by atoms with Gasteiger partial charge in [0.15, 0.2) is 0 Å². The Kier molecular flexibility index (Phi) is 5.67. The maximum Gasteiger partial charge on any atom is 0.0865 e. The Labute approximate surface area is 171 Å². The number of aryl methyl sites for hydroxylation is 1. The van der Waals surface area contributed by atoms with Gasteiger partial charge < -0.3 is 14.9 Å². The van der Waals surface area contributed by atoms with Gasteiger partial charge in [0.1, 0.15) is 0 Å². The number of rotatable bonds is 4. The number of hydrogen-bond donors (Lipinski definition) is 2. The van der Waals surface area contributed by atoms with Gasteiger partial charge in [-0.05, 0) is 47.2 Å². The van der Waals surface area contributed by atoms with Gasteiger partial charge in [-0.15, -0.1) is 11.3 Å². The minimum absolute atomic E-state index is 0.0638. The monoisotopic (exact) mass is 446 g/mol. The molecule has 142 valence electrons. The molecule has 1 fully saturated rings. The Balaban J connectivity index is 1.64. The maximum absolute atomic E-state index is 10.2. The molecule has 0 radical (unpaired) electrons. The molecule has 27 heavy (non-hydrogen) atoms. The van der Waals surface area contributed by atoms with Crippen LogP contribution in [0.1, 0.15) is 40.5 Å². The molecule has 0 bridgehead atoms. The zero-order valence-corrected chi connectivity index (χ0v) is 17.6. The molecule has 0 saturated carbocycles. The van der Waals surface area contributed by atoms with Crippen molar-refractivity contribution in [1.29, 1.82) is 0 Å². The van der Waals surface area contributed by atoms with E-state index >= 15 is 0 Å². The molecule has 5 heteroatoms. The van der Waals surface area contributed by atoms with Gasteiger partial charge in [0.2, 0.25) is 0 Å². The average molecular weight is 447 g/mol. The summed E-state index contributed by atoms with van der Waals surface area (Å²) in [6.45, 7) is 2.07. The fourth-order valence-corrected chi connectivity index (χ4v) is 5.59. The highest BCUT2D eigenvalue weighted by Gasteiger charge is 2.30. The molecule has 4 rings (SSSR count). The van der Waals surface area contributed by atoms with Crippen molar-refractivity contribution in [2.75, 3.05) is 6.61 Å². The predicted octanol–water partition coefficient (Wildman–Crippen LogP) is 5.14. The molecule has 0 amide bonds. The summed E-state index contributed by atoms with van der Waals surface area (Å²) in [7, 11) is 0. The average Bonchev–Trinajstić information content (AvgIpc) is 3.05. The minimum Gasteiger partial charge on any atom is -0.394 e. The van der Waals surface area contributed by atoms with Crippen LogP contribution in [-0.2, 0) is 11.2 Å². The van der Waals surface area contributed by atoms with Crippen molar-refractivity contribution in [3.8, 4) is 0 Å². The van der Waals surface area contributed by atoms with Gasteiger partial charge in [-0.3, -0.25) is 0 Å². The van der Waals surface area contributed by atoms with Gasteiger partial charge in [-0.1, -0.05) is 40.2 Å². The quantitative estimate of drug-likeness (QED) is 0.583. The number of hydrogen-bond acceptors (Lipinski definition) is 4. The van der Waals surface area contributed by atoms with Gasteiger partial charge in [-0.25, -0.2) is 0 Å². The third-order valence-corrected chi connectivity index (χ3v) is 7.03. The molecular formula is C22H23BrO3S. The first-order valence-electron chi connectivity index (χ1n) is 9.24. The highest BCUT2D eigenvalue weighted by molar-refractivity contribution is 9.10. The summed E-state index contributed by atoms with van der Waals surface area (Å²) in [6.07, 6.45) is 0.968. The van der Waals surface area contributed by atoms with Gasteiger partial charge in [-0.2, -0.15) is 0 Å². The van der Waals surface area contributed by atoms with E-state index in [1.807, 2.05) is 11.3 Å². The van der Waals surface area contributed by atoms with Crippen molar-refractivity contribution in [3.05, 3.63) is 68.5 Å². The summed E-state index contributed by atoms with van der Waals surface area (Å²) in [4.78, 5) is 1.34. The van der Waals surface area contributed by atoms with E-state index in [1.54, 1.807) is 0 Å². The fraction of sp³-hybridized carbons (Fsp3) is 0.364. The Bertz CT molecular complexity index is 919. The molecule has 2 N–H and O–H groups in total. The summed E-state index contributed by atoms with van der Waals surface area (Å²) in [5.41, 5.74) is 3.55. The van der Waals surface area contributed by atoms with Crippen molar-refractivity contribution in [3.63, 3.8) is 0 Å². The standard InChI is InChI=1S/C22H23BrO3S/c1-13-6-20(23)19(21-11-16(25)10-17(12-24)26-21)9-15(13)8-18-7-14-4-2-3-5-22(14)27-18/h2-7,9,16-17,21,24-25H,8,10-12H2,1H3. The normalized spacial score (nSPS) is 23.0. The van der Waals surface area contributed by atoms with Crippen LogP contribution in [0.5, 0.6) is 0 Å². The van der Waals surface area contributed by atoms with Crippen molar-refractivity contribution >= 4 is 37.4 Å². The Hall–Kier alpha value is -1.24. The topological polar surface area (TPSA) is 49.7 Å². The maximum atomic E-state index is 10.2. The van der Waals surface area contributed by atoms with Crippen LogP contribution in [0.15, 0.2) is 46.9 Å². The molecule has 0 spiro atoms. The number of aliphatic hydroxyl groups excluding tert-OH is 2. The van der Waals surface area contributed by atoms with E-state index in [4.69, 9.17) is 4.74 Å². The zero-order valence-electron chi connectivity index (χ0n) is 15.2. The van der Waals surface area contributed by atoms with E-state index in [-0.39, 0.29) is 18.8 Å². The van der Waals surface area contributed by atoms with Gasteiger partial charge >= 0.3 is 0 Å². The number of thiophene rings is 1. The number of ether oxygens (including phenoxy) is 1.